The second-order valence-corrected chi connectivity index (χ2v) is 9.51. The van der Waals surface area contributed by atoms with Crippen LogP contribution >= 0.6 is 34.5 Å². The van der Waals surface area contributed by atoms with Gasteiger partial charge in [0.2, 0.25) is 0 Å². The summed E-state index contributed by atoms with van der Waals surface area (Å²) in [7, 11) is 1.12. The molecule has 3 aromatic rings. The van der Waals surface area contributed by atoms with Gasteiger partial charge >= 0.3 is 12.1 Å². The average molecular weight is 575 g/mol. The van der Waals surface area contributed by atoms with E-state index in [0.717, 1.165) is 30.6 Å². The smallest absolute Gasteiger partial charge is 0.416 e. The van der Waals surface area contributed by atoms with E-state index in [4.69, 9.17) is 32.7 Å². The fourth-order valence-corrected chi connectivity index (χ4v) is 4.72. The van der Waals surface area contributed by atoms with E-state index in [-0.39, 0.29) is 31.7 Å². The van der Waals surface area contributed by atoms with E-state index >= 15 is 0 Å². The molecule has 2 amide bonds. The molecule has 0 fully saturated rings. The lowest BCUT2D eigenvalue weighted by molar-refractivity contribution is -0.137. The van der Waals surface area contributed by atoms with Crippen molar-refractivity contribution in [3.63, 3.8) is 0 Å². The highest BCUT2D eigenvalue weighted by Crippen LogP contribution is 2.37. The highest BCUT2D eigenvalue weighted by atomic mass is 35.5. The van der Waals surface area contributed by atoms with Crippen molar-refractivity contribution in [2.75, 3.05) is 24.4 Å². The quantitative estimate of drug-likeness (QED) is 0.304. The highest BCUT2D eigenvalue weighted by Gasteiger charge is 2.32. The van der Waals surface area contributed by atoms with Crippen LogP contribution in [0.25, 0.3) is 0 Å². The van der Waals surface area contributed by atoms with Crippen molar-refractivity contribution in [1.29, 1.82) is 0 Å². The van der Waals surface area contributed by atoms with Gasteiger partial charge in [-0.05, 0) is 61.4 Å². The number of hydrogen-bond acceptors (Lipinski definition) is 6. The van der Waals surface area contributed by atoms with Crippen LogP contribution in [0.15, 0.2) is 36.4 Å². The van der Waals surface area contributed by atoms with Gasteiger partial charge in [0.25, 0.3) is 11.8 Å². The molecule has 0 bridgehead atoms. The first-order valence-electron chi connectivity index (χ1n) is 10.4. The molecule has 0 saturated heterocycles. The summed E-state index contributed by atoms with van der Waals surface area (Å²) < 4.78 is 49.5. The summed E-state index contributed by atoms with van der Waals surface area (Å²) in [5.74, 6) is -1.86. The maximum atomic E-state index is 13.1. The maximum Gasteiger partial charge on any atom is 0.416 e. The Hall–Kier alpha value is -3.28. The molecule has 2 N–H and O–H groups in total. The number of thiophene rings is 1. The molecule has 1 aromatic heterocycles. The van der Waals surface area contributed by atoms with Crippen molar-refractivity contribution in [2.24, 2.45) is 0 Å². The Balaban J connectivity index is 1.84. The van der Waals surface area contributed by atoms with E-state index in [9.17, 15) is 27.6 Å². The van der Waals surface area contributed by atoms with E-state index in [1.165, 1.54) is 6.92 Å². The van der Waals surface area contributed by atoms with E-state index in [2.05, 4.69) is 10.6 Å². The SMILES string of the molecule is COC(=O)c1c(NC(=O)COc2ccc(Cl)cc2C)sc(C(=O)Nc2cc(C(F)(F)F)ccc2Cl)c1C. The number of methoxy groups -OCH3 is 1. The molecule has 0 aliphatic carbocycles. The van der Waals surface area contributed by atoms with E-state index in [1.807, 2.05) is 0 Å². The molecule has 0 radical (unpaired) electrons. The molecule has 13 heteroatoms. The minimum absolute atomic E-state index is 0.00562. The van der Waals surface area contributed by atoms with Crippen molar-refractivity contribution >= 4 is 63.0 Å². The summed E-state index contributed by atoms with van der Waals surface area (Å²) in [5, 5.41) is 5.24. The average Bonchev–Trinajstić information content (AvgIpc) is 3.14. The van der Waals surface area contributed by atoms with Crippen LogP contribution in [0, 0.1) is 13.8 Å². The number of nitrogens with one attached hydrogen (secondary N) is 2. The van der Waals surface area contributed by atoms with Gasteiger partial charge < -0.3 is 20.1 Å². The van der Waals surface area contributed by atoms with Crippen LogP contribution in [0.1, 0.15) is 36.7 Å². The van der Waals surface area contributed by atoms with E-state index in [0.29, 0.717) is 22.4 Å². The lowest BCUT2D eigenvalue weighted by Gasteiger charge is -2.11. The van der Waals surface area contributed by atoms with Crippen LogP contribution in [0.5, 0.6) is 5.75 Å². The first-order valence-corrected chi connectivity index (χ1v) is 12.0. The number of esters is 1. The summed E-state index contributed by atoms with van der Waals surface area (Å²) in [5.41, 5.74) is -0.499. The number of hydrogen-bond donors (Lipinski definition) is 2. The van der Waals surface area contributed by atoms with E-state index < -0.39 is 36.1 Å². The van der Waals surface area contributed by atoms with Crippen LogP contribution in [-0.4, -0.2) is 31.5 Å². The predicted octanol–water partition coefficient (Wildman–Crippen LogP) is 6.75. The molecule has 0 aliphatic rings. The topological polar surface area (TPSA) is 93.7 Å². The molecule has 0 atom stereocenters. The van der Waals surface area contributed by atoms with Crippen LogP contribution < -0.4 is 15.4 Å². The molecule has 37 heavy (non-hydrogen) atoms. The predicted molar refractivity (Wildman–Crippen MR) is 135 cm³/mol. The van der Waals surface area contributed by atoms with Crippen LogP contribution in [0.2, 0.25) is 10.0 Å². The zero-order valence-electron chi connectivity index (χ0n) is 19.5. The molecule has 196 valence electrons. The van der Waals surface area contributed by atoms with Crippen molar-refractivity contribution in [2.45, 2.75) is 20.0 Å². The number of amides is 2. The minimum atomic E-state index is -4.65. The number of carbonyl (C=O) groups excluding carboxylic acids is 3. The van der Waals surface area contributed by atoms with Gasteiger partial charge in [-0.2, -0.15) is 13.2 Å². The molecular weight excluding hydrogens is 556 g/mol. The first-order chi connectivity index (χ1) is 17.3. The molecule has 2 aromatic carbocycles. The summed E-state index contributed by atoms with van der Waals surface area (Å²) >= 11 is 12.6. The Kier molecular flexibility index (Phi) is 8.72. The van der Waals surface area contributed by atoms with Gasteiger partial charge in [-0.1, -0.05) is 23.2 Å². The third-order valence-electron chi connectivity index (χ3n) is 5.03. The van der Waals surface area contributed by atoms with Crippen molar-refractivity contribution in [1.82, 2.24) is 0 Å². The lowest BCUT2D eigenvalue weighted by atomic mass is 10.1. The van der Waals surface area contributed by atoms with Gasteiger partial charge in [0, 0.05) is 5.02 Å². The van der Waals surface area contributed by atoms with Gasteiger partial charge in [-0.25, -0.2) is 4.79 Å². The van der Waals surface area contributed by atoms with Gasteiger partial charge in [-0.15, -0.1) is 11.3 Å². The first kappa shape index (κ1) is 28.3. The molecule has 7 nitrogen and oxygen atoms in total. The van der Waals surface area contributed by atoms with Crippen molar-refractivity contribution in [3.05, 3.63) is 73.6 Å². The largest absolute Gasteiger partial charge is 0.483 e. The highest BCUT2D eigenvalue weighted by molar-refractivity contribution is 7.19. The standard InChI is InChI=1S/C24H19Cl2F3N2O5S/c1-11-8-14(25)5-7-17(11)36-10-18(32)31-22-19(23(34)35-3)12(2)20(37-22)21(33)30-16-9-13(24(27,28)29)4-6-15(16)26/h4-9H,10H2,1-3H3,(H,30,33)(H,31,32). The number of carbonyl (C=O) groups is 3. The number of anilines is 2. The third kappa shape index (κ3) is 6.73. The van der Waals surface area contributed by atoms with E-state index in [1.54, 1.807) is 25.1 Å². The van der Waals surface area contributed by atoms with Crippen LogP contribution in [0.3, 0.4) is 0 Å². The monoisotopic (exact) mass is 574 g/mol. The third-order valence-corrected chi connectivity index (χ3v) is 6.80. The molecular formula is C24H19Cl2F3N2O5S. The molecule has 0 saturated carbocycles. The Morgan fingerprint density at radius 3 is 2.35 bits per heavy atom. The molecule has 3 rings (SSSR count). The minimum Gasteiger partial charge on any atom is -0.483 e. The fraction of sp³-hybridized carbons (Fsp3) is 0.208. The molecule has 1 heterocycles. The van der Waals surface area contributed by atoms with Crippen molar-refractivity contribution < 1.29 is 37.0 Å². The summed E-state index contributed by atoms with van der Waals surface area (Å²) in [4.78, 5) is 37.9. The zero-order valence-corrected chi connectivity index (χ0v) is 21.8. The lowest BCUT2D eigenvalue weighted by Crippen LogP contribution is -2.21. The zero-order chi connectivity index (χ0) is 27.5. The van der Waals surface area contributed by atoms with Crippen molar-refractivity contribution in [3.8, 4) is 5.75 Å². The number of aryl methyl sites for hydroxylation is 1. The number of rotatable bonds is 7. The second kappa shape index (κ2) is 11.4. The number of halogens is 5. The van der Waals surface area contributed by atoms with Gasteiger partial charge in [0.05, 0.1) is 33.8 Å². The number of ether oxygens (including phenoxy) is 2. The fourth-order valence-electron chi connectivity index (χ4n) is 3.22. The van der Waals surface area contributed by atoms with Gasteiger partial charge in [0.1, 0.15) is 10.8 Å². The van der Waals surface area contributed by atoms with Gasteiger partial charge in [0.15, 0.2) is 6.61 Å². The summed E-state index contributed by atoms with van der Waals surface area (Å²) in [6.45, 7) is 2.77. The Morgan fingerprint density at radius 2 is 1.73 bits per heavy atom. The molecule has 0 unspecified atom stereocenters. The Labute approximate surface area is 223 Å². The molecule has 0 aliphatic heterocycles. The molecule has 0 spiro atoms. The number of benzene rings is 2. The van der Waals surface area contributed by atoms with Crippen LogP contribution in [0.4, 0.5) is 23.9 Å². The maximum absolute atomic E-state index is 13.1. The normalized spacial score (nSPS) is 11.1. The second-order valence-electron chi connectivity index (χ2n) is 7.65. The summed E-state index contributed by atoms with van der Waals surface area (Å²) in [6, 6.07) is 7.35. The van der Waals surface area contributed by atoms with Crippen LogP contribution in [-0.2, 0) is 15.7 Å². The van der Waals surface area contributed by atoms with Gasteiger partial charge in [-0.3, -0.25) is 9.59 Å². The Morgan fingerprint density at radius 1 is 1.03 bits per heavy atom. The number of alkyl halides is 3. The Bertz CT molecular complexity index is 1380. The summed E-state index contributed by atoms with van der Waals surface area (Å²) in [6.07, 6.45) is -4.65.